The van der Waals surface area contributed by atoms with Crippen molar-refractivity contribution in [3.8, 4) is 0 Å². The summed E-state index contributed by atoms with van der Waals surface area (Å²) in [5, 5.41) is 8.81. The molecule has 1 atom stereocenters. The van der Waals surface area contributed by atoms with Gasteiger partial charge >= 0.3 is 5.97 Å². The van der Waals surface area contributed by atoms with E-state index >= 15 is 0 Å². The van der Waals surface area contributed by atoms with Gasteiger partial charge in [0, 0.05) is 19.0 Å². The Morgan fingerprint density at radius 2 is 2.29 bits per heavy atom. The molecule has 1 aliphatic rings. The zero-order chi connectivity index (χ0) is 12.6. The maximum Gasteiger partial charge on any atom is 0.308 e. The highest BCUT2D eigenvalue weighted by molar-refractivity contribution is 5.97. The Morgan fingerprint density at radius 3 is 2.82 bits per heavy atom. The third-order valence-electron chi connectivity index (χ3n) is 2.48. The van der Waals surface area contributed by atoms with E-state index in [4.69, 9.17) is 10.8 Å². The number of nitrogens with one attached hydrogen (secondary N) is 1. The average molecular weight is 238 g/mol. The van der Waals surface area contributed by atoms with Crippen molar-refractivity contribution in [1.82, 2.24) is 9.97 Å². The van der Waals surface area contributed by atoms with E-state index < -0.39 is 23.4 Å². The van der Waals surface area contributed by atoms with Crippen molar-refractivity contribution < 1.29 is 14.7 Å². The Kier molecular flexibility index (Phi) is 2.54. The lowest BCUT2D eigenvalue weighted by atomic mass is 10.1. The van der Waals surface area contributed by atoms with E-state index in [0.29, 0.717) is 0 Å². The minimum atomic E-state index is -1.05. The van der Waals surface area contributed by atoms with E-state index in [9.17, 15) is 14.4 Å². The van der Waals surface area contributed by atoms with Crippen LogP contribution in [0.3, 0.4) is 0 Å². The molecule has 1 aromatic heterocycles. The smallest absolute Gasteiger partial charge is 0.308 e. The zero-order valence-corrected chi connectivity index (χ0v) is 8.71. The van der Waals surface area contributed by atoms with Crippen LogP contribution in [0.4, 0.5) is 11.8 Å². The molecule has 1 fully saturated rings. The fourth-order valence-electron chi connectivity index (χ4n) is 1.67. The molecular weight excluding hydrogens is 228 g/mol. The quantitative estimate of drug-likeness (QED) is 0.592. The molecule has 8 nitrogen and oxygen atoms in total. The van der Waals surface area contributed by atoms with Crippen LogP contribution in [-0.4, -0.2) is 33.5 Å². The van der Waals surface area contributed by atoms with Gasteiger partial charge in [-0.1, -0.05) is 0 Å². The molecule has 1 unspecified atom stereocenters. The Hall–Kier alpha value is -2.38. The van der Waals surface area contributed by atoms with Crippen LogP contribution in [0.25, 0.3) is 0 Å². The van der Waals surface area contributed by atoms with E-state index in [1.54, 1.807) is 0 Å². The molecule has 0 radical (unpaired) electrons. The van der Waals surface area contributed by atoms with Crippen LogP contribution >= 0.6 is 0 Å². The summed E-state index contributed by atoms with van der Waals surface area (Å²) in [6, 6.07) is 1.08. The second-order valence-corrected chi connectivity index (χ2v) is 3.74. The highest BCUT2D eigenvalue weighted by Gasteiger charge is 2.36. The lowest BCUT2D eigenvalue weighted by molar-refractivity contribution is -0.141. The van der Waals surface area contributed by atoms with Crippen molar-refractivity contribution in [2.75, 3.05) is 17.2 Å². The summed E-state index contributed by atoms with van der Waals surface area (Å²) in [6.07, 6.45) is -0.103. The first-order valence-corrected chi connectivity index (χ1v) is 4.87. The maximum absolute atomic E-state index is 11.6. The molecule has 1 aromatic rings. The van der Waals surface area contributed by atoms with Gasteiger partial charge in [0.05, 0.1) is 5.92 Å². The number of carbonyl (C=O) groups excluding carboxylic acids is 1. The average Bonchev–Trinajstić information content (AvgIpc) is 2.59. The number of carboxylic acid groups (broad SMARTS) is 1. The molecule has 2 heterocycles. The Labute approximate surface area is 95.1 Å². The summed E-state index contributed by atoms with van der Waals surface area (Å²) >= 11 is 0. The van der Waals surface area contributed by atoms with Crippen LogP contribution in [0.15, 0.2) is 10.9 Å². The van der Waals surface area contributed by atoms with Gasteiger partial charge in [0.25, 0.3) is 5.56 Å². The molecule has 90 valence electrons. The fraction of sp³-hybridized carbons (Fsp3) is 0.333. The van der Waals surface area contributed by atoms with E-state index in [1.807, 2.05) is 0 Å². The van der Waals surface area contributed by atoms with Crippen molar-refractivity contribution in [2.45, 2.75) is 6.42 Å². The van der Waals surface area contributed by atoms with Crippen LogP contribution in [0.1, 0.15) is 6.42 Å². The second kappa shape index (κ2) is 3.89. The maximum atomic E-state index is 11.6. The number of anilines is 2. The molecule has 0 spiro atoms. The highest BCUT2D eigenvalue weighted by atomic mass is 16.4. The number of hydrogen-bond acceptors (Lipinski definition) is 5. The first-order chi connectivity index (χ1) is 7.97. The largest absolute Gasteiger partial charge is 0.481 e. The number of aliphatic carboxylic acids is 1. The van der Waals surface area contributed by atoms with Crippen molar-refractivity contribution in [3.05, 3.63) is 16.4 Å². The number of rotatable bonds is 2. The number of nitrogen functional groups attached to an aromatic ring is 1. The molecule has 8 heteroatoms. The van der Waals surface area contributed by atoms with Crippen molar-refractivity contribution in [2.24, 2.45) is 5.92 Å². The molecule has 4 N–H and O–H groups in total. The van der Waals surface area contributed by atoms with Crippen LogP contribution < -0.4 is 16.2 Å². The van der Waals surface area contributed by atoms with Crippen molar-refractivity contribution in [3.63, 3.8) is 0 Å². The van der Waals surface area contributed by atoms with Crippen molar-refractivity contribution in [1.29, 1.82) is 0 Å². The topological polar surface area (TPSA) is 129 Å². The third-order valence-corrected chi connectivity index (χ3v) is 2.48. The minimum absolute atomic E-state index is 0.0104. The lowest BCUT2D eigenvalue weighted by Gasteiger charge is -2.14. The van der Waals surface area contributed by atoms with Gasteiger partial charge in [-0.25, -0.2) is 0 Å². The van der Waals surface area contributed by atoms with Gasteiger partial charge in [-0.05, 0) is 0 Å². The summed E-state index contributed by atoms with van der Waals surface area (Å²) in [5.74, 6) is -2.26. The monoisotopic (exact) mass is 238 g/mol. The number of carbonyl (C=O) groups is 2. The number of nitrogens with zero attached hydrogens (tertiary/aromatic N) is 2. The number of amides is 1. The summed E-state index contributed by atoms with van der Waals surface area (Å²) in [6.45, 7) is -0.0133. The van der Waals surface area contributed by atoms with Crippen LogP contribution in [-0.2, 0) is 9.59 Å². The number of aromatic nitrogens is 2. The Bertz CT molecular complexity index is 538. The summed E-state index contributed by atoms with van der Waals surface area (Å²) < 4.78 is 0. The molecular formula is C9H10N4O4. The molecule has 1 amide bonds. The van der Waals surface area contributed by atoms with Gasteiger partial charge in [0.1, 0.15) is 5.82 Å². The fourth-order valence-corrected chi connectivity index (χ4v) is 1.67. The van der Waals surface area contributed by atoms with Crippen LogP contribution in [0, 0.1) is 5.92 Å². The number of nitrogens with two attached hydrogens (primary N) is 1. The zero-order valence-electron chi connectivity index (χ0n) is 8.71. The summed E-state index contributed by atoms with van der Waals surface area (Å²) in [4.78, 5) is 40.8. The minimum Gasteiger partial charge on any atom is -0.481 e. The van der Waals surface area contributed by atoms with E-state index in [0.717, 1.165) is 11.0 Å². The number of H-pyrrole nitrogens is 1. The van der Waals surface area contributed by atoms with Crippen LogP contribution in [0.5, 0.6) is 0 Å². The first-order valence-electron chi connectivity index (χ1n) is 4.87. The number of hydrogen-bond donors (Lipinski definition) is 3. The molecule has 17 heavy (non-hydrogen) atoms. The SMILES string of the molecule is Nc1cc(=O)[nH]c(N2CC(C(=O)O)CC2=O)n1. The highest BCUT2D eigenvalue weighted by Crippen LogP contribution is 2.21. The summed E-state index contributed by atoms with van der Waals surface area (Å²) in [7, 11) is 0. The lowest BCUT2D eigenvalue weighted by Crippen LogP contribution is -2.29. The third kappa shape index (κ3) is 2.10. The molecule has 0 bridgehead atoms. The molecule has 0 aliphatic carbocycles. The van der Waals surface area contributed by atoms with Gasteiger partial charge in [-0.2, -0.15) is 4.98 Å². The number of carboxylic acids is 1. The Morgan fingerprint density at radius 1 is 1.59 bits per heavy atom. The standard InChI is InChI=1S/C9H10N4O4/c10-5-2-6(14)12-9(11-5)13-3-4(8(16)17)1-7(13)15/h2,4H,1,3H2,(H,16,17)(H3,10,11,12,14). The number of aromatic amines is 1. The first kappa shape index (κ1) is 11.1. The molecule has 0 aromatic carbocycles. The van der Waals surface area contributed by atoms with Crippen molar-refractivity contribution >= 4 is 23.6 Å². The predicted molar refractivity (Wildman–Crippen MR) is 57.4 cm³/mol. The predicted octanol–water partition coefficient (Wildman–Crippen LogP) is -1.21. The molecule has 1 saturated heterocycles. The Balaban J connectivity index is 2.32. The van der Waals surface area contributed by atoms with Crippen LogP contribution in [0.2, 0.25) is 0 Å². The van der Waals surface area contributed by atoms with Gasteiger partial charge in [0.2, 0.25) is 11.9 Å². The molecule has 2 rings (SSSR count). The summed E-state index contributed by atoms with van der Waals surface area (Å²) in [5.41, 5.74) is 4.89. The van der Waals surface area contributed by atoms with E-state index in [1.165, 1.54) is 0 Å². The van der Waals surface area contributed by atoms with Gasteiger partial charge in [-0.3, -0.25) is 24.3 Å². The van der Waals surface area contributed by atoms with Gasteiger partial charge < -0.3 is 10.8 Å². The molecule has 1 aliphatic heterocycles. The van der Waals surface area contributed by atoms with E-state index in [-0.39, 0.29) is 24.7 Å². The van der Waals surface area contributed by atoms with Gasteiger partial charge in [0.15, 0.2) is 0 Å². The molecule has 0 saturated carbocycles. The normalized spacial score (nSPS) is 19.6. The van der Waals surface area contributed by atoms with Gasteiger partial charge in [-0.15, -0.1) is 0 Å². The second-order valence-electron chi connectivity index (χ2n) is 3.74. The van der Waals surface area contributed by atoms with E-state index in [2.05, 4.69) is 9.97 Å².